The first-order valence-electron chi connectivity index (χ1n) is 7.03. The van der Waals surface area contributed by atoms with Crippen molar-refractivity contribution in [3.05, 3.63) is 30.1 Å². The highest BCUT2D eigenvalue weighted by Crippen LogP contribution is 2.15. The number of aromatic nitrogens is 2. The number of carbonyl (C=O) groups excluding carboxylic acids is 1. The van der Waals surface area contributed by atoms with Gasteiger partial charge in [-0.2, -0.15) is 0 Å². The summed E-state index contributed by atoms with van der Waals surface area (Å²) in [5.41, 5.74) is 2.18. The Morgan fingerprint density at radius 3 is 2.90 bits per heavy atom. The third-order valence-electron chi connectivity index (χ3n) is 4.06. The lowest BCUT2D eigenvalue weighted by atomic mass is 10.1. The molecule has 20 heavy (non-hydrogen) atoms. The number of carbonyl (C=O) groups is 1. The summed E-state index contributed by atoms with van der Waals surface area (Å²) in [4.78, 5) is 17.9. The molecule has 106 valence electrons. The van der Waals surface area contributed by atoms with E-state index in [1.54, 1.807) is 4.90 Å². The van der Waals surface area contributed by atoms with E-state index in [2.05, 4.69) is 20.9 Å². The van der Waals surface area contributed by atoms with Gasteiger partial charge in [0.15, 0.2) is 0 Å². The van der Waals surface area contributed by atoms with Crippen LogP contribution in [0.2, 0.25) is 0 Å². The number of likely N-dealkylation sites (tertiary alicyclic amines) is 1. The molecule has 0 spiro atoms. The second-order valence-corrected chi connectivity index (χ2v) is 5.47. The average Bonchev–Trinajstić information content (AvgIpc) is 2.77. The average molecular weight is 272 g/mol. The number of piperidine rings is 1. The van der Waals surface area contributed by atoms with Gasteiger partial charge in [0.1, 0.15) is 5.82 Å². The summed E-state index contributed by atoms with van der Waals surface area (Å²) < 4.78 is 2.13. The van der Waals surface area contributed by atoms with Crippen molar-refractivity contribution in [2.45, 2.75) is 25.4 Å². The molecule has 1 aromatic heterocycles. The molecule has 1 fully saturated rings. The Kier molecular flexibility index (Phi) is 3.44. The maximum Gasteiger partial charge on any atom is 0.222 e. The van der Waals surface area contributed by atoms with Crippen molar-refractivity contribution in [1.82, 2.24) is 19.8 Å². The minimum Gasteiger partial charge on any atom is -0.344 e. The first kappa shape index (κ1) is 13.1. The van der Waals surface area contributed by atoms with Crippen LogP contribution in [0.1, 0.15) is 18.7 Å². The van der Waals surface area contributed by atoms with Crippen LogP contribution in [0.4, 0.5) is 0 Å². The zero-order valence-corrected chi connectivity index (χ0v) is 12.0. The molecule has 1 saturated heterocycles. The van der Waals surface area contributed by atoms with Crippen molar-refractivity contribution in [1.29, 1.82) is 0 Å². The molecule has 5 heteroatoms. The molecule has 1 aliphatic rings. The quantitative estimate of drug-likeness (QED) is 0.916. The Bertz CT molecular complexity index is 634. The van der Waals surface area contributed by atoms with Gasteiger partial charge in [-0.3, -0.25) is 4.79 Å². The van der Waals surface area contributed by atoms with E-state index in [9.17, 15) is 4.79 Å². The number of amides is 1. The molecule has 2 heterocycles. The summed E-state index contributed by atoms with van der Waals surface area (Å²) in [7, 11) is 3.91. The minimum atomic E-state index is 0.241. The fourth-order valence-corrected chi connectivity index (χ4v) is 2.77. The molecule has 0 radical (unpaired) electrons. The number of nitrogens with zero attached hydrogens (tertiary/aromatic N) is 3. The van der Waals surface area contributed by atoms with Crippen LogP contribution >= 0.6 is 0 Å². The minimum absolute atomic E-state index is 0.241. The molecule has 0 bridgehead atoms. The summed E-state index contributed by atoms with van der Waals surface area (Å²) in [6.07, 6.45) is 1.55. The van der Waals surface area contributed by atoms with Crippen molar-refractivity contribution in [2.24, 2.45) is 7.05 Å². The van der Waals surface area contributed by atoms with E-state index in [1.807, 2.05) is 32.3 Å². The molecule has 1 amide bonds. The highest BCUT2D eigenvalue weighted by molar-refractivity contribution is 5.77. The van der Waals surface area contributed by atoms with Crippen LogP contribution < -0.4 is 5.32 Å². The molecule has 1 N–H and O–H groups in total. The number of hydrogen-bond donors (Lipinski definition) is 1. The second kappa shape index (κ2) is 5.25. The van der Waals surface area contributed by atoms with Gasteiger partial charge in [-0.15, -0.1) is 0 Å². The van der Waals surface area contributed by atoms with Gasteiger partial charge in [-0.05, 0) is 18.6 Å². The van der Waals surface area contributed by atoms with Crippen LogP contribution in [0.25, 0.3) is 11.0 Å². The number of imidazole rings is 1. The van der Waals surface area contributed by atoms with Crippen LogP contribution in [-0.2, 0) is 18.4 Å². The number of benzene rings is 1. The van der Waals surface area contributed by atoms with E-state index in [-0.39, 0.29) is 5.91 Å². The molecule has 1 aliphatic heterocycles. The zero-order chi connectivity index (χ0) is 14.1. The lowest BCUT2D eigenvalue weighted by molar-refractivity contribution is -0.132. The SMILES string of the molecule is CN1CC(NCc2nc3ccccc3n2C)CCC1=O. The number of fused-ring (bicyclic) bond motifs is 1. The van der Waals surface area contributed by atoms with Gasteiger partial charge in [-0.1, -0.05) is 12.1 Å². The van der Waals surface area contributed by atoms with Crippen LogP contribution in [0.3, 0.4) is 0 Å². The summed E-state index contributed by atoms with van der Waals surface area (Å²) in [5, 5.41) is 3.51. The van der Waals surface area contributed by atoms with Crippen LogP contribution in [0.15, 0.2) is 24.3 Å². The van der Waals surface area contributed by atoms with Crippen molar-refractivity contribution in [2.75, 3.05) is 13.6 Å². The summed E-state index contributed by atoms with van der Waals surface area (Å²) in [5.74, 6) is 1.27. The maximum absolute atomic E-state index is 11.5. The van der Waals surface area contributed by atoms with E-state index < -0.39 is 0 Å². The van der Waals surface area contributed by atoms with E-state index >= 15 is 0 Å². The largest absolute Gasteiger partial charge is 0.344 e. The van der Waals surface area contributed by atoms with Crippen molar-refractivity contribution in [3.8, 4) is 0 Å². The molecular formula is C15H20N4O. The third kappa shape index (κ3) is 2.41. The molecule has 1 unspecified atom stereocenters. The molecule has 0 aliphatic carbocycles. The second-order valence-electron chi connectivity index (χ2n) is 5.47. The summed E-state index contributed by atoms with van der Waals surface area (Å²) in [6, 6.07) is 8.51. The summed E-state index contributed by atoms with van der Waals surface area (Å²) in [6.45, 7) is 1.51. The first-order valence-corrected chi connectivity index (χ1v) is 7.03. The third-order valence-corrected chi connectivity index (χ3v) is 4.06. The standard InChI is InChI=1S/C15H20N4O/c1-18-10-11(7-8-15(18)20)16-9-14-17-12-5-3-4-6-13(12)19(14)2/h3-6,11,16H,7-10H2,1-2H3. The molecule has 1 aromatic carbocycles. The molecule has 5 nitrogen and oxygen atoms in total. The Hall–Kier alpha value is -1.88. The lowest BCUT2D eigenvalue weighted by Crippen LogP contribution is -2.46. The highest BCUT2D eigenvalue weighted by atomic mass is 16.2. The Morgan fingerprint density at radius 2 is 2.15 bits per heavy atom. The van der Waals surface area contributed by atoms with Crippen molar-refractivity contribution >= 4 is 16.9 Å². The van der Waals surface area contributed by atoms with Crippen LogP contribution in [-0.4, -0.2) is 40.0 Å². The number of hydrogen-bond acceptors (Lipinski definition) is 3. The van der Waals surface area contributed by atoms with Crippen LogP contribution in [0, 0.1) is 0 Å². The highest BCUT2D eigenvalue weighted by Gasteiger charge is 2.22. The first-order chi connectivity index (χ1) is 9.65. The summed E-state index contributed by atoms with van der Waals surface area (Å²) >= 11 is 0. The topological polar surface area (TPSA) is 50.2 Å². The Balaban J connectivity index is 1.68. The molecule has 0 saturated carbocycles. The van der Waals surface area contributed by atoms with Gasteiger partial charge in [0.2, 0.25) is 5.91 Å². The van der Waals surface area contributed by atoms with Gasteiger partial charge >= 0.3 is 0 Å². The fraction of sp³-hybridized carbons (Fsp3) is 0.467. The van der Waals surface area contributed by atoms with E-state index in [0.717, 1.165) is 36.4 Å². The Morgan fingerprint density at radius 1 is 1.35 bits per heavy atom. The molecule has 2 aromatic rings. The van der Waals surface area contributed by atoms with Gasteiger partial charge in [0.25, 0.3) is 0 Å². The normalized spacial score (nSPS) is 19.8. The monoisotopic (exact) mass is 272 g/mol. The van der Waals surface area contributed by atoms with E-state index in [4.69, 9.17) is 0 Å². The van der Waals surface area contributed by atoms with Crippen LogP contribution in [0.5, 0.6) is 0 Å². The lowest BCUT2D eigenvalue weighted by Gasteiger charge is -2.30. The number of rotatable bonds is 3. The Labute approximate surface area is 118 Å². The fourth-order valence-electron chi connectivity index (χ4n) is 2.77. The van der Waals surface area contributed by atoms with Crippen molar-refractivity contribution < 1.29 is 4.79 Å². The van der Waals surface area contributed by atoms with Crippen molar-refractivity contribution in [3.63, 3.8) is 0 Å². The maximum atomic E-state index is 11.5. The smallest absolute Gasteiger partial charge is 0.222 e. The van der Waals surface area contributed by atoms with Gasteiger partial charge in [0.05, 0.1) is 17.6 Å². The predicted molar refractivity (Wildman–Crippen MR) is 78.2 cm³/mol. The number of aryl methyl sites for hydroxylation is 1. The zero-order valence-electron chi connectivity index (χ0n) is 12.0. The molecule has 1 atom stereocenters. The van der Waals surface area contributed by atoms with Gasteiger partial charge in [0, 0.05) is 33.1 Å². The predicted octanol–water partition coefficient (Wildman–Crippen LogP) is 1.28. The van der Waals surface area contributed by atoms with Gasteiger partial charge in [-0.25, -0.2) is 4.98 Å². The molecular weight excluding hydrogens is 252 g/mol. The number of likely N-dealkylation sites (N-methyl/N-ethyl adjacent to an activating group) is 1. The van der Waals surface area contributed by atoms with E-state index in [1.165, 1.54) is 0 Å². The molecule has 3 rings (SSSR count). The number of nitrogens with one attached hydrogen (secondary N) is 1. The van der Waals surface area contributed by atoms with E-state index in [0.29, 0.717) is 12.5 Å². The number of para-hydroxylation sites is 2. The van der Waals surface area contributed by atoms with Gasteiger partial charge < -0.3 is 14.8 Å².